The molecule has 1 aliphatic rings. The molecule has 0 atom stereocenters. The number of aryl methyl sites for hydroxylation is 2. The van der Waals surface area contributed by atoms with Gasteiger partial charge in [-0.1, -0.05) is 6.07 Å². The summed E-state index contributed by atoms with van der Waals surface area (Å²) in [5.74, 6) is 0.0479. The van der Waals surface area contributed by atoms with Crippen LogP contribution in [0.5, 0.6) is 0 Å². The van der Waals surface area contributed by atoms with Crippen LogP contribution in [0.2, 0.25) is 0 Å². The van der Waals surface area contributed by atoms with Crippen molar-refractivity contribution in [2.75, 3.05) is 16.4 Å². The summed E-state index contributed by atoms with van der Waals surface area (Å²) in [5.41, 5.74) is 11.7. The van der Waals surface area contributed by atoms with Gasteiger partial charge >= 0.3 is 0 Å². The van der Waals surface area contributed by atoms with Crippen LogP contribution in [-0.4, -0.2) is 10.9 Å². The fourth-order valence-electron chi connectivity index (χ4n) is 2.48. The zero-order valence-electron chi connectivity index (χ0n) is 11.9. The number of nitrogens with zero attached hydrogens (tertiary/aromatic N) is 1. The van der Waals surface area contributed by atoms with Crippen molar-refractivity contribution in [3.8, 4) is 0 Å². The van der Waals surface area contributed by atoms with E-state index in [1.807, 2.05) is 31.2 Å². The molecule has 0 saturated heterocycles. The summed E-state index contributed by atoms with van der Waals surface area (Å²) in [6, 6.07) is 7.80. The monoisotopic (exact) mass is 282 g/mol. The highest BCUT2D eigenvalue weighted by molar-refractivity contribution is 5.95. The van der Waals surface area contributed by atoms with E-state index in [9.17, 15) is 4.79 Å². The zero-order valence-corrected chi connectivity index (χ0v) is 11.9. The van der Waals surface area contributed by atoms with Gasteiger partial charge < -0.3 is 16.4 Å². The van der Waals surface area contributed by atoms with E-state index in [2.05, 4.69) is 15.6 Å². The molecule has 1 aromatic carbocycles. The van der Waals surface area contributed by atoms with Gasteiger partial charge in [-0.25, -0.2) is 0 Å². The lowest BCUT2D eigenvalue weighted by Crippen LogP contribution is -2.19. The molecule has 21 heavy (non-hydrogen) atoms. The van der Waals surface area contributed by atoms with Gasteiger partial charge in [-0.05, 0) is 42.7 Å². The lowest BCUT2D eigenvalue weighted by atomic mass is 10.0. The smallest absolute Gasteiger partial charge is 0.224 e. The maximum Gasteiger partial charge on any atom is 0.224 e. The Morgan fingerprint density at radius 2 is 2.24 bits per heavy atom. The van der Waals surface area contributed by atoms with Crippen molar-refractivity contribution in [1.82, 2.24) is 4.98 Å². The molecule has 4 N–H and O–H groups in total. The maximum atomic E-state index is 11.4. The summed E-state index contributed by atoms with van der Waals surface area (Å²) in [6.45, 7) is 2.66. The topological polar surface area (TPSA) is 80.0 Å². The number of nitrogens with one attached hydrogen (secondary N) is 2. The number of carbonyl (C=O) groups is 1. The second-order valence-electron chi connectivity index (χ2n) is 5.27. The first kappa shape index (κ1) is 13.4. The first-order valence-electron chi connectivity index (χ1n) is 7.00. The predicted molar refractivity (Wildman–Crippen MR) is 84.1 cm³/mol. The van der Waals surface area contributed by atoms with Crippen LogP contribution in [0.3, 0.4) is 0 Å². The van der Waals surface area contributed by atoms with Gasteiger partial charge in [0.15, 0.2) is 0 Å². The molecular formula is C16H18N4O. The molecule has 1 aliphatic heterocycles. The number of anilines is 3. The number of pyridine rings is 1. The molecule has 5 nitrogen and oxygen atoms in total. The van der Waals surface area contributed by atoms with Crippen LogP contribution in [0.15, 0.2) is 30.5 Å². The van der Waals surface area contributed by atoms with Crippen LogP contribution in [0, 0.1) is 6.92 Å². The Morgan fingerprint density at radius 3 is 3.05 bits per heavy atom. The van der Waals surface area contributed by atoms with Crippen LogP contribution in [0.4, 0.5) is 17.1 Å². The molecule has 0 aliphatic carbocycles. The van der Waals surface area contributed by atoms with Crippen LogP contribution in [-0.2, 0) is 17.8 Å². The number of rotatable bonds is 3. The summed E-state index contributed by atoms with van der Waals surface area (Å²) in [4.78, 5) is 15.8. The fraction of sp³-hybridized carbons (Fsp3) is 0.250. The predicted octanol–water partition coefficient (Wildman–Crippen LogP) is 2.47. The van der Waals surface area contributed by atoms with E-state index >= 15 is 0 Å². The molecular weight excluding hydrogens is 264 g/mol. The maximum absolute atomic E-state index is 11.4. The third-order valence-electron chi connectivity index (χ3n) is 3.73. The molecule has 0 radical (unpaired) electrons. The van der Waals surface area contributed by atoms with Gasteiger partial charge in [0.25, 0.3) is 0 Å². The van der Waals surface area contributed by atoms with Crippen molar-refractivity contribution >= 4 is 23.0 Å². The Hall–Kier alpha value is -2.56. The van der Waals surface area contributed by atoms with Gasteiger partial charge in [-0.3, -0.25) is 9.78 Å². The van der Waals surface area contributed by atoms with Gasteiger partial charge in [0.2, 0.25) is 5.91 Å². The Morgan fingerprint density at radius 1 is 1.38 bits per heavy atom. The second kappa shape index (κ2) is 5.44. The highest BCUT2D eigenvalue weighted by Gasteiger charge is 2.16. The van der Waals surface area contributed by atoms with E-state index in [4.69, 9.17) is 5.73 Å². The van der Waals surface area contributed by atoms with Gasteiger partial charge in [0.05, 0.1) is 23.6 Å². The van der Waals surface area contributed by atoms with E-state index < -0.39 is 0 Å². The SMILES string of the molecule is Cc1cccnc1CNc1cc2c(cc1N)NC(=O)CC2. The van der Waals surface area contributed by atoms with Crippen LogP contribution >= 0.6 is 0 Å². The average Bonchev–Trinajstić information content (AvgIpc) is 2.46. The number of aromatic nitrogens is 1. The van der Waals surface area contributed by atoms with E-state index in [0.29, 0.717) is 18.7 Å². The summed E-state index contributed by atoms with van der Waals surface area (Å²) >= 11 is 0. The quantitative estimate of drug-likeness (QED) is 0.755. The molecule has 0 fully saturated rings. The number of hydrogen-bond acceptors (Lipinski definition) is 4. The minimum atomic E-state index is 0.0479. The van der Waals surface area contributed by atoms with Crippen LogP contribution in [0.1, 0.15) is 23.2 Å². The van der Waals surface area contributed by atoms with E-state index in [-0.39, 0.29) is 5.91 Å². The van der Waals surface area contributed by atoms with Crippen molar-refractivity contribution < 1.29 is 4.79 Å². The number of nitrogen functional groups attached to an aromatic ring is 1. The van der Waals surface area contributed by atoms with Gasteiger partial charge in [-0.2, -0.15) is 0 Å². The van der Waals surface area contributed by atoms with Gasteiger partial charge in [-0.15, -0.1) is 0 Å². The molecule has 0 saturated carbocycles. The van der Waals surface area contributed by atoms with Crippen LogP contribution < -0.4 is 16.4 Å². The highest BCUT2D eigenvalue weighted by atomic mass is 16.1. The Labute approximate surface area is 123 Å². The first-order chi connectivity index (χ1) is 10.1. The Kier molecular flexibility index (Phi) is 3.48. The van der Waals surface area contributed by atoms with Crippen molar-refractivity contribution in [3.05, 3.63) is 47.3 Å². The van der Waals surface area contributed by atoms with Gasteiger partial charge in [0.1, 0.15) is 0 Å². The molecule has 0 bridgehead atoms. The fourth-order valence-corrected chi connectivity index (χ4v) is 2.48. The number of hydrogen-bond donors (Lipinski definition) is 3. The third kappa shape index (κ3) is 2.81. The zero-order chi connectivity index (χ0) is 14.8. The van der Waals surface area contributed by atoms with Crippen molar-refractivity contribution in [1.29, 1.82) is 0 Å². The minimum absolute atomic E-state index is 0.0479. The normalized spacial score (nSPS) is 13.5. The lowest BCUT2D eigenvalue weighted by Gasteiger charge is -2.20. The second-order valence-corrected chi connectivity index (χ2v) is 5.27. The number of benzene rings is 1. The molecule has 3 rings (SSSR count). The summed E-state index contributed by atoms with van der Waals surface area (Å²) < 4.78 is 0. The Bertz CT molecular complexity index is 697. The van der Waals surface area contributed by atoms with Crippen molar-refractivity contribution in [2.45, 2.75) is 26.3 Å². The number of amides is 1. The lowest BCUT2D eigenvalue weighted by molar-refractivity contribution is -0.116. The minimum Gasteiger partial charge on any atom is -0.397 e. The standard InChI is InChI=1S/C16H18N4O/c1-10-3-2-6-18-15(10)9-19-14-7-11-4-5-16(21)20-13(11)8-12(14)17/h2-3,6-8,19H,4-5,9,17H2,1H3,(H,20,21). The molecule has 2 heterocycles. The molecule has 0 spiro atoms. The number of fused-ring (bicyclic) bond motifs is 1. The van der Waals surface area contributed by atoms with Crippen molar-refractivity contribution in [3.63, 3.8) is 0 Å². The molecule has 1 amide bonds. The van der Waals surface area contributed by atoms with E-state index in [1.54, 1.807) is 6.20 Å². The summed E-state index contributed by atoms with van der Waals surface area (Å²) in [5, 5.41) is 6.18. The molecule has 2 aromatic rings. The largest absolute Gasteiger partial charge is 0.397 e. The average molecular weight is 282 g/mol. The van der Waals surface area contributed by atoms with E-state index in [0.717, 1.165) is 34.6 Å². The molecule has 1 aromatic heterocycles. The number of nitrogens with two attached hydrogens (primary N) is 1. The molecule has 5 heteroatoms. The van der Waals surface area contributed by atoms with Gasteiger partial charge in [0, 0.05) is 18.3 Å². The molecule has 108 valence electrons. The third-order valence-corrected chi connectivity index (χ3v) is 3.73. The summed E-state index contributed by atoms with van der Waals surface area (Å²) in [6.07, 6.45) is 3.06. The first-order valence-corrected chi connectivity index (χ1v) is 7.00. The molecule has 0 unspecified atom stereocenters. The Balaban J connectivity index is 1.80. The highest BCUT2D eigenvalue weighted by Crippen LogP contribution is 2.31. The number of carbonyl (C=O) groups excluding carboxylic acids is 1. The van der Waals surface area contributed by atoms with E-state index in [1.165, 1.54) is 0 Å². The summed E-state index contributed by atoms with van der Waals surface area (Å²) in [7, 11) is 0. The van der Waals surface area contributed by atoms with Crippen molar-refractivity contribution in [2.24, 2.45) is 0 Å². The van der Waals surface area contributed by atoms with Crippen LogP contribution in [0.25, 0.3) is 0 Å².